The second-order valence-corrected chi connectivity index (χ2v) is 2.29. The van der Waals surface area contributed by atoms with Gasteiger partial charge in [0.05, 0.1) is 0 Å². The van der Waals surface area contributed by atoms with Gasteiger partial charge in [-0.05, 0) is 17.7 Å². The SMILES string of the molecule is CN=Cc1cc(F)c(N)c(F)c1. The summed E-state index contributed by atoms with van der Waals surface area (Å²) in [4.78, 5) is 3.62. The Morgan fingerprint density at radius 1 is 1.33 bits per heavy atom. The van der Waals surface area contributed by atoms with E-state index in [1.54, 1.807) is 0 Å². The Hall–Kier alpha value is -1.45. The van der Waals surface area contributed by atoms with Gasteiger partial charge in [0.15, 0.2) is 0 Å². The van der Waals surface area contributed by atoms with Crippen LogP contribution in [-0.2, 0) is 0 Å². The van der Waals surface area contributed by atoms with Crippen molar-refractivity contribution in [3.63, 3.8) is 0 Å². The van der Waals surface area contributed by atoms with E-state index in [0.717, 1.165) is 12.1 Å². The van der Waals surface area contributed by atoms with Crippen molar-refractivity contribution in [2.24, 2.45) is 4.99 Å². The molecule has 0 spiro atoms. The van der Waals surface area contributed by atoms with Gasteiger partial charge in [0, 0.05) is 13.3 Å². The molecule has 0 fully saturated rings. The lowest BCUT2D eigenvalue weighted by molar-refractivity contribution is 0.591. The van der Waals surface area contributed by atoms with Crippen molar-refractivity contribution in [1.82, 2.24) is 0 Å². The highest BCUT2D eigenvalue weighted by molar-refractivity contribution is 5.80. The molecule has 0 aromatic heterocycles. The Morgan fingerprint density at radius 3 is 2.25 bits per heavy atom. The number of halogens is 2. The molecule has 64 valence electrons. The third-order valence-electron chi connectivity index (χ3n) is 1.38. The Balaban J connectivity index is 3.21. The zero-order valence-electron chi connectivity index (χ0n) is 6.51. The molecule has 2 nitrogen and oxygen atoms in total. The Kier molecular flexibility index (Phi) is 2.38. The summed E-state index contributed by atoms with van der Waals surface area (Å²) in [6.07, 6.45) is 1.35. The summed E-state index contributed by atoms with van der Waals surface area (Å²) < 4.78 is 25.5. The molecule has 0 bridgehead atoms. The van der Waals surface area contributed by atoms with Gasteiger partial charge < -0.3 is 5.73 Å². The number of nitrogens with zero attached hydrogens (tertiary/aromatic N) is 1. The molecule has 0 unspecified atom stereocenters. The first kappa shape index (κ1) is 8.64. The van der Waals surface area contributed by atoms with Crippen molar-refractivity contribution in [1.29, 1.82) is 0 Å². The number of hydrogen-bond acceptors (Lipinski definition) is 2. The first-order valence-electron chi connectivity index (χ1n) is 3.32. The highest BCUT2D eigenvalue weighted by Crippen LogP contribution is 2.15. The number of hydrogen-bond donors (Lipinski definition) is 1. The van der Waals surface area contributed by atoms with Gasteiger partial charge in [0.1, 0.15) is 17.3 Å². The van der Waals surface area contributed by atoms with E-state index in [1.807, 2.05) is 0 Å². The molecule has 0 amide bonds. The van der Waals surface area contributed by atoms with E-state index in [-0.39, 0.29) is 0 Å². The minimum atomic E-state index is -0.759. The number of nitrogens with two attached hydrogens (primary N) is 1. The maximum absolute atomic E-state index is 12.7. The topological polar surface area (TPSA) is 38.4 Å². The zero-order valence-corrected chi connectivity index (χ0v) is 6.51. The van der Waals surface area contributed by atoms with E-state index in [2.05, 4.69) is 4.99 Å². The van der Waals surface area contributed by atoms with Gasteiger partial charge >= 0.3 is 0 Å². The number of anilines is 1. The average molecular weight is 170 g/mol. The third-order valence-corrected chi connectivity index (χ3v) is 1.38. The highest BCUT2D eigenvalue weighted by Gasteiger charge is 2.05. The van der Waals surface area contributed by atoms with Crippen LogP contribution in [0.5, 0.6) is 0 Å². The fourth-order valence-electron chi connectivity index (χ4n) is 0.828. The standard InChI is InChI=1S/C8H8F2N2/c1-12-4-5-2-6(9)8(11)7(10)3-5/h2-4H,11H2,1H3. The Labute approximate surface area is 68.7 Å². The summed E-state index contributed by atoms with van der Waals surface area (Å²) in [5.74, 6) is -1.52. The molecule has 1 aromatic rings. The Morgan fingerprint density at radius 2 is 1.83 bits per heavy atom. The fourth-order valence-corrected chi connectivity index (χ4v) is 0.828. The second-order valence-electron chi connectivity index (χ2n) is 2.29. The molecular weight excluding hydrogens is 162 g/mol. The molecule has 0 atom stereocenters. The van der Waals surface area contributed by atoms with E-state index >= 15 is 0 Å². The van der Waals surface area contributed by atoms with Crippen molar-refractivity contribution in [2.45, 2.75) is 0 Å². The monoisotopic (exact) mass is 170 g/mol. The lowest BCUT2D eigenvalue weighted by atomic mass is 10.2. The van der Waals surface area contributed by atoms with E-state index in [9.17, 15) is 8.78 Å². The molecular formula is C8H8F2N2. The summed E-state index contributed by atoms with van der Waals surface area (Å²) in [6.45, 7) is 0. The van der Waals surface area contributed by atoms with Crippen LogP contribution >= 0.6 is 0 Å². The van der Waals surface area contributed by atoms with Crippen molar-refractivity contribution in [2.75, 3.05) is 12.8 Å². The average Bonchev–Trinajstić information content (AvgIpc) is 2.01. The number of benzene rings is 1. The van der Waals surface area contributed by atoms with Crippen molar-refractivity contribution >= 4 is 11.9 Å². The Bertz CT molecular complexity index is 298. The highest BCUT2D eigenvalue weighted by atomic mass is 19.1. The smallest absolute Gasteiger partial charge is 0.149 e. The molecule has 0 saturated carbocycles. The van der Waals surface area contributed by atoms with E-state index in [0.29, 0.717) is 5.56 Å². The van der Waals surface area contributed by atoms with Gasteiger partial charge in [-0.15, -0.1) is 0 Å². The normalized spacial score (nSPS) is 10.9. The predicted octanol–water partition coefficient (Wildman–Crippen LogP) is 1.60. The van der Waals surface area contributed by atoms with Crippen LogP contribution in [0.1, 0.15) is 5.56 Å². The van der Waals surface area contributed by atoms with Gasteiger partial charge in [0.2, 0.25) is 0 Å². The molecule has 0 radical (unpaired) electrons. The minimum Gasteiger partial charge on any atom is -0.394 e. The third kappa shape index (κ3) is 1.58. The lowest BCUT2D eigenvalue weighted by Gasteiger charge is -1.99. The molecule has 0 aliphatic rings. The van der Waals surface area contributed by atoms with Gasteiger partial charge in [0.25, 0.3) is 0 Å². The molecule has 2 N–H and O–H groups in total. The van der Waals surface area contributed by atoms with Crippen LogP contribution in [0, 0.1) is 11.6 Å². The van der Waals surface area contributed by atoms with Crippen molar-refractivity contribution < 1.29 is 8.78 Å². The maximum Gasteiger partial charge on any atom is 0.149 e. The van der Waals surface area contributed by atoms with Crippen LogP contribution in [0.3, 0.4) is 0 Å². The van der Waals surface area contributed by atoms with Crippen LogP contribution in [0.15, 0.2) is 17.1 Å². The summed E-state index contributed by atoms with van der Waals surface area (Å²) in [5.41, 5.74) is 4.96. The number of aliphatic imine (C=N–C) groups is 1. The first-order valence-corrected chi connectivity index (χ1v) is 3.32. The van der Waals surface area contributed by atoms with Crippen LogP contribution in [0.4, 0.5) is 14.5 Å². The van der Waals surface area contributed by atoms with Crippen molar-refractivity contribution in [3.8, 4) is 0 Å². The van der Waals surface area contributed by atoms with Gasteiger partial charge in [-0.3, -0.25) is 4.99 Å². The molecule has 4 heteroatoms. The summed E-state index contributed by atoms with van der Waals surface area (Å²) >= 11 is 0. The summed E-state index contributed by atoms with van der Waals surface area (Å²) in [6, 6.07) is 2.26. The van der Waals surface area contributed by atoms with E-state index < -0.39 is 17.3 Å². The molecule has 12 heavy (non-hydrogen) atoms. The van der Waals surface area contributed by atoms with Crippen molar-refractivity contribution in [3.05, 3.63) is 29.3 Å². The lowest BCUT2D eigenvalue weighted by Crippen LogP contribution is -1.97. The van der Waals surface area contributed by atoms with Crippen LogP contribution in [0.2, 0.25) is 0 Å². The molecule has 0 aliphatic heterocycles. The van der Waals surface area contributed by atoms with E-state index in [1.165, 1.54) is 13.3 Å². The molecule has 0 saturated heterocycles. The zero-order chi connectivity index (χ0) is 9.14. The molecule has 1 aromatic carbocycles. The van der Waals surface area contributed by atoms with E-state index in [4.69, 9.17) is 5.73 Å². The summed E-state index contributed by atoms with van der Waals surface area (Å²) in [5, 5.41) is 0. The number of nitrogen functional groups attached to an aromatic ring is 1. The number of rotatable bonds is 1. The molecule has 0 aliphatic carbocycles. The second kappa shape index (κ2) is 3.30. The molecule has 0 heterocycles. The maximum atomic E-state index is 12.7. The quantitative estimate of drug-likeness (QED) is 0.504. The molecule has 1 rings (SSSR count). The van der Waals surface area contributed by atoms with Gasteiger partial charge in [-0.2, -0.15) is 0 Å². The van der Waals surface area contributed by atoms with Crippen LogP contribution in [-0.4, -0.2) is 13.3 Å². The summed E-state index contributed by atoms with van der Waals surface area (Å²) in [7, 11) is 1.52. The van der Waals surface area contributed by atoms with Gasteiger partial charge in [-0.1, -0.05) is 0 Å². The van der Waals surface area contributed by atoms with Crippen LogP contribution < -0.4 is 5.73 Å². The predicted molar refractivity (Wildman–Crippen MR) is 44.3 cm³/mol. The minimum absolute atomic E-state index is 0.363. The fraction of sp³-hybridized carbons (Fsp3) is 0.125. The largest absolute Gasteiger partial charge is 0.394 e. The van der Waals surface area contributed by atoms with Crippen LogP contribution in [0.25, 0.3) is 0 Å². The van der Waals surface area contributed by atoms with Gasteiger partial charge in [-0.25, -0.2) is 8.78 Å². The first-order chi connectivity index (χ1) is 5.65.